The summed E-state index contributed by atoms with van der Waals surface area (Å²) in [6.45, 7) is 1.98. The molecule has 0 saturated carbocycles. The Hall–Kier alpha value is -1.56. The van der Waals surface area contributed by atoms with Crippen molar-refractivity contribution >= 4 is 56.0 Å². The predicted octanol–water partition coefficient (Wildman–Crippen LogP) is 5.16. The van der Waals surface area contributed by atoms with Gasteiger partial charge in [0, 0.05) is 4.90 Å². The number of carbonyl (C=O) groups is 1. The molecule has 23 heavy (non-hydrogen) atoms. The molecule has 1 amide bonds. The molecule has 0 aliphatic rings. The largest absolute Gasteiger partial charge is 0.302 e. The molecular weight excluding hydrogens is 348 g/mol. The van der Waals surface area contributed by atoms with Crippen LogP contribution in [0.15, 0.2) is 41.3 Å². The molecule has 2 aromatic carbocycles. The van der Waals surface area contributed by atoms with Gasteiger partial charge in [-0.15, -0.1) is 11.8 Å². The van der Waals surface area contributed by atoms with E-state index in [0.717, 1.165) is 21.3 Å². The minimum Gasteiger partial charge on any atom is -0.302 e. The number of aryl methyl sites for hydroxylation is 1. The van der Waals surface area contributed by atoms with Crippen molar-refractivity contribution in [3.63, 3.8) is 0 Å². The predicted molar refractivity (Wildman–Crippen MR) is 99.9 cm³/mol. The number of aromatic nitrogens is 1. The van der Waals surface area contributed by atoms with Gasteiger partial charge < -0.3 is 5.32 Å². The fourth-order valence-electron chi connectivity index (χ4n) is 2.25. The zero-order chi connectivity index (χ0) is 16.4. The van der Waals surface area contributed by atoms with Crippen molar-refractivity contribution in [1.29, 1.82) is 0 Å². The molecule has 0 unspecified atom stereocenters. The van der Waals surface area contributed by atoms with Gasteiger partial charge in [0.1, 0.15) is 0 Å². The summed E-state index contributed by atoms with van der Waals surface area (Å²) in [4.78, 5) is 17.9. The summed E-state index contributed by atoms with van der Waals surface area (Å²) in [7, 11) is 0. The number of carbonyl (C=O) groups excluding carboxylic acids is 1. The van der Waals surface area contributed by atoms with Crippen molar-refractivity contribution in [3.05, 3.63) is 52.5 Å². The van der Waals surface area contributed by atoms with E-state index in [1.165, 1.54) is 16.2 Å². The summed E-state index contributed by atoms with van der Waals surface area (Å²) in [5.74, 6) is -0.0743. The van der Waals surface area contributed by atoms with Gasteiger partial charge >= 0.3 is 0 Å². The molecule has 3 nitrogen and oxygen atoms in total. The highest BCUT2D eigenvalue weighted by Crippen LogP contribution is 2.33. The summed E-state index contributed by atoms with van der Waals surface area (Å²) in [6.07, 6.45) is 2.36. The Labute approximate surface area is 148 Å². The fraction of sp³-hybridized carbons (Fsp3) is 0.176. The molecule has 0 spiro atoms. The third-order valence-corrected chi connectivity index (χ3v) is 5.64. The van der Waals surface area contributed by atoms with Crippen LogP contribution in [-0.4, -0.2) is 17.1 Å². The number of rotatable bonds is 4. The Kier molecular flexibility index (Phi) is 4.90. The second-order valence-electron chi connectivity index (χ2n) is 5.13. The van der Waals surface area contributed by atoms with Crippen LogP contribution in [0.3, 0.4) is 0 Å². The van der Waals surface area contributed by atoms with E-state index in [2.05, 4.69) is 10.3 Å². The number of hydrogen-bond acceptors (Lipinski definition) is 4. The summed E-state index contributed by atoms with van der Waals surface area (Å²) in [6, 6.07) is 11.8. The number of thiazole rings is 1. The van der Waals surface area contributed by atoms with Crippen molar-refractivity contribution < 1.29 is 4.79 Å². The van der Waals surface area contributed by atoms with E-state index in [9.17, 15) is 4.79 Å². The zero-order valence-electron chi connectivity index (χ0n) is 12.7. The number of benzene rings is 2. The van der Waals surface area contributed by atoms with Gasteiger partial charge in [-0.05, 0) is 42.5 Å². The van der Waals surface area contributed by atoms with E-state index in [4.69, 9.17) is 11.6 Å². The number of thioether (sulfide) groups is 1. The lowest BCUT2D eigenvalue weighted by Gasteiger charge is -2.03. The first-order valence-electron chi connectivity index (χ1n) is 7.05. The summed E-state index contributed by atoms with van der Waals surface area (Å²) < 4.78 is 0.909. The molecule has 1 heterocycles. The first-order valence-corrected chi connectivity index (χ1v) is 9.47. The molecule has 0 aliphatic heterocycles. The lowest BCUT2D eigenvalue weighted by molar-refractivity contribution is -0.115. The molecule has 0 radical (unpaired) electrons. The highest BCUT2D eigenvalue weighted by atomic mass is 35.5. The van der Waals surface area contributed by atoms with Crippen molar-refractivity contribution in [2.75, 3.05) is 11.6 Å². The van der Waals surface area contributed by atoms with E-state index in [-0.39, 0.29) is 5.91 Å². The van der Waals surface area contributed by atoms with Gasteiger partial charge in [0.2, 0.25) is 5.91 Å². The highest BCUT2D eigenvalue weighted by Gasteiger charge is 2.12. The quantitative estimate of drug-likeness (QED) is 0.651. The summed E-state index contributed by atoms with van der Waals surface area (Å²) in [5.41, 5.74) is 2.88. The minimum absolute atomic E-state index is 0.0743. The number of nitrogens with one attached hydrogen (secondary N) is 1. The van der Waals surface area contributed by atoms with E-state index < -0.39 is 0 Å². The van der Waals surface area contributed by atoms with Gasteiger partial charge in [-0.1, -0.05) is 41.1 Å². The Morgan fingerprint density at radius 3 is 2.65 bits per heavy atom. The maximum atomic E-state index is 12.2. The van der Waals surface area contributed by atoms with Gasteiger partial charge in [-0.25, -0.2) is 4.98 Å². The Morgan fingerprint density at radius 1 is 1.26 bits per heavy atom. The minimum atomic E-state index is -0.0743. The summed E-state index contributed by atoms with van der Waals surface area (Å²) >= 11 is 9.28. The molecule has 118 valence electrons. The van der Waals surface area contributed by atoms with Crippen LogP contribution in [0.25, 0.3) is 10.2 Å². The molecule has 0 bridgehead atoms. The van der Waals surface area contributed by atoms with Gasteiger partial charge in [0.15, 0.2) is 5.13 Å². The normalized spacial score (nSPS) is 10.9. The van der Waals surface area contributed by atoms with Crippen LogP contribution in [0.1, 0.15) is 11.1 Å². The number of hydrogen-bond donors (Lipinski definition) is 1. The van der Waals surface area contributed by atoms with E-state index in [1.807, 2.05) is 49.6 Å². The number of halogens is 1. The van der Waals surface area contributed by atoms with Crippen LogP contribution < -0.4 is 5.32 Å². The Bertz CT molecular complexity index is 820. The average Bonchev–Trinajstić information content (AvgIpc) is 2.96. The van der Waals surface area contributed by atoms with Gasteiger partial charge in [0.05, 0.1) is 21.7 Å². The second-order valence-corrected chi connectivity index (χ2v) is 7.42. The van der Waals surface area contributed by atoms with Crippen LogP contribution in [0.4, 0.5) is 5.13 Å². The van der Waals surface area contributed by atoms with E-state index in [1.54, 1.807) is 11.8 Å². The molecule has 1 N–H and O–H groups in total. The molecule has 0 saturated heterocycles. The molecule has 0 atom stereocenters. The standard InChI is InChI=1S/C17H15ClN2OS2/c1-10-3-8-13(18)16-15(10)20-17(23-16)19-14(21)9-11-4-6-12(22-2)7-5-11/h3-8H,9H2,1-2H3,(H,19,20,21). The van der Waals surface area contributed by atoms with Crippen LogP contribution in [0.2, 0.25) is 5.02 Å². The number of amides is 1. The van der Waals surface area contributed by atoms with Crippen molar-refractivity contribution in [2.24, 2.45) is 0 Å². The zero-order valence-corrected chi connectivity index (χ0v) is 15.1. The number of anilines is 1. The lowest BCUT2D eigenvalue weighted by atomic mass is 10.1. The smallest absolute Gasteiger partial charge is 0.230 e. The topological polar surface area (TPSA) is 42.0 Å². The first-order chi connectivity index (χ1) is 11.1. The van der Waals surface area contributed by atoms with Gasteiger partial charge in [-0.2, -0.15) is 0 Å². The third kappa shape index (κ3) is 3.68. The van der Waals surface area contributed by atoms with E-state index >= 15 is 0 Å². The molecule has 0 fully saturated rings. The van der Waals surface area contributed by atoms with Crippen LogP contribution >= 0.6 is 34.7 Å². The van der Waals surface area contributed by atoms with Crippen LogP contribution in [0.5, 0.6) is 0 Å². The molecule has 1 aromatic heterocycles. The number of nitrogens with zero attached hydrogens (tertiary/aromatic N) is 1. The highest BCUT2D eigenvalue weighted by molar-refractivity contribution is 7.98. The van der Waals surface area contributed by atoms with Crippen molar-refractivity contribution in [1.82, 2.24) is 4.98 Å². The van der Waals surface area contributed by atoms with Crippen LogP contribution in [-0.2, 0) is 11.2 Å². The third-order valence-electron chi connectivity index (χ3n) is 3.47. The van der Waals surface area contributed by atoms with Gasteiger partial charge in [0.25, 0.3) is 0 Å². The average molecular weight is 363 g/mol. The number of fused-ring (bicyclic) bond motifs is 1. The molecule has 3 aromatic rings. The fourth-order valence-corrected chi connectivity index (χ4v) is 3.89. The van der Waals surface area contributed by atoms with Crippen molar-refractivity contribution in [2.45, 2.75) is 18.2 Å². The first kappa shape index (κ1) is 16.3. The molecule has 3 rings (SSSR count). The Balaban J connectivity index is 1.74. The van der Waals surface area contributed by atoms with Crippen molar-refractivity contribution in [3.8, 4) is 0 Å². The molecule has 0 aliphatic carbocycles. The van der Waals surface area contributed by atoms with E-state index in [0.29, 0.717) is 16.6 Å². The summed E-state index contributed by atoms with van der Waals surface area (Å²) in [5, 5.41) is 4.12. The Morgan fingerprint density at radius 2 is 2.00 bits per heavy atom. The second kappa shape index (κ2) is 6.91. The maximum Gasteiger partial charge on any atom is 0.230 e. The van der Waals surface area contributed by atoms with Gasteiger partial charge in [-0.3, -0.25) is 4.79 Å². The monoisotopic (exact) mass is 362 g/mol. The van der Waals surface area contributed by atoms with Crippen LogP contribution in [0, 0.1) is 6.92 Å². The SMILES string of the molecule is CSc1ccc(CC(=O)Nc2nc3c(C)ccc(Cl)c3s2)cc1. The molecular formula is C17H15ClN2OS2. The lowest BCUT2D eigenvalue weighted by Crippen LogP contribution is -2.14. The molecule has 6 heteroatoms. The maximum absolute atomic E-state index is 12.2.